The van der Waals surface area contributed by atoms with E-state index in [-0.39, 0.29) is 0 Å². The van der Waals surface area contributed by atoms with Crippen molar-refractivity contribution in [3.05, 3.63) is 92.5 Å². The Balaban J connectivity index is 2.48. The van der Waals surface area contributed by atoms with E-state index in [0.29, 0.717) is 31.1 Å². The SMILES string of the molecule is CCc1cc(C(C)(c2cc(CNC)cc(CN(C)C)c2)c2cc(CNC)c(O)c(CN(C)C)c2)cc(CN(C)C)c1O. The molecular weight excluding hydrogens is 522 g/mol. The fourth-order valence-corrected chi connectivity index (χ4v) is 5.93. The van der Waals surface area contributed by atoms with E-state index in [9.17, 15) is 10.2 Å². The van der Waals surface area contributed by atoms with E-state index in [1.165, 1.54) is 16.7 Å². The second-order valence-electron chi connectivity index (χ2n) is 12.6. The van der Waals surface area contributed by atoms with Crippen LogP contribution in [0, 0.1) is 0 Å². The molecule has 0 spiro atoms. The van der Waals surface area contributed by atoms with Crippen LogP contribution in [0.15, 0.2) is 42.5 Å². The van der Waals surface area contributed by atoms with Crippen LogP contribution in [-0.2, 0) is 44.6 Å². The van der Waals surface area contributed by atoms with Crippen LogP contribution in [0.3, 0.4) is 0 Å². The van der Waals surface area contributed by atoms with Crippen molar-refractivity contribution in [3.8, 4) is 11.5 Å². The molecule has 0 aromatic heterocycles. The Kier molecular flexibility index (Phi) is 11.6. The fraction of sp³-hybridized carbons (Fsp3) is 0.486. The van der Waals surface area contributed by atoms with Crippen LogP contribution in [0.1, 0.15) is 63.9 Å². The lowest BCUT2D eigenvalue weighted by atomic mass is 9.69. The highest BCUT2D eigenvalue weighted by molar-refractivity contribution is 5.58. The molecule has 3 rings (SSSR count). The third-order valence-corrected chi connectivity index (χ3v) is 7.92. The standard InChI is InChI=1S/C35H53N5O2/c1-11-26-15-31(17-28(33(26)41)22-39(7)8)35(2,30-13-24(19-36-3)12-25(14-30)21-38(5)6)32-16-27(20-37-4)34(42)29(18-32)23-40(9)10/h12-18,36-37,41-42H,11,19-23H2,1-10H3. The maximum Gasteiger partial charge on any atom is 0.124 e. The molecular formula is C35H53N5O2. The van der Waals surface area contributed by atoms with Gasteiger partial charge in [0.25, 0.3) is 0 Å². The van der Waals surface area contributed by atoms with Gasteiger partial charge in [0.1, 0.15) is 11.5 Å². The smallest absolute Gasteiger partial charge is 0.124 e. The first-order valence-corrected chi connectivity index (χ1v) is 14.9. The Hall–Kier alpha value is -2.94. The minimum Gasteiger partial charge on any atom is -0.507 e. The van der Waals surface area contributed by atoms with Crippen molar-refractivity contribution in [2.24, 2.45) is 0 Å². The molecule has 0 aliphatic rings. The second kappa shape index (κ2) is 14.5. The molecule has 0 fully saturated rings. The Morgan fingerprint density at radius 2 is 1.00 bits per heavy atom. The van der Waals surface area contributed by atoms with Gasteiger partial charge in [0.15, 0.2) is 0 Å². The molecule has 0 saturated heterocycles. The average molecular weight is 576 g/mol. The Morgan fingerprint density at radius 1 is 0.571 bits per heavy atom. The molecule has 0 radical (unpaired) electrons. The highest BCUT2D eigenvalue weighted by Gasteiger charge is 2.35. The summed E-state index contributed by atoms with van der Waals surface area (Å²) < 4.78 is 0. The first kappa shape index (κ1) is 33.6. The summed E-state index contributed by atoms with van der Waals surface area (Å²) in [6.45, 7) is 7.81. The highest BCUT2D eigenvalue weighted by Crippen LogP contribution is 2.44. The van der Waals surface area contributed by atoms with Crippen LogP contribution in [-0.4, -0.2) is 81.3 Å². The molecule has 0 aliphatic heterocycles. The van der Waals surface area contributed by atoms with Gasteiger partial charge in [-0.15, -0.1) is 0 Å². The summed E-state index contributed by atoms with van der Waals surface area (Å²) in [5.74, 6) is 0.721. The van der Waals surface area contributed by atoms with Crippen molar-refractivity contribution in [2.75, 3.05) is 56.4 Å². The third kappa shape index (κ3) is 7.71. The maximum absolute atomic E-state index is 11.3. The summed E-state index contributed by atoms with van der Waals surface area (Å²) in [5.41, 5.74) is 8.97. The number of aromatic hydroxyl groups is 2. The van der Waals surface area contributed by atoms with Crippen molar-refractivity contribution in [1.82, 2.24) is 25.3 Å². The van der Waals surface area contributed by atoms with Gasteiger partial charge in [0.05, 0.1) is 0 Å². The molecule has 7 heteroatoms. The molecule has 7 nitrogen and oxygen atoms in total. The van der Waals surface area contributed by atoms with Crippen LogP contribution in [0.25, 0.3) is 0 Å². The van der Waals surface area contributed by atoms with Crippen molar-refractivity contribution in [3.63, 3.8) is 0 Å². The Bertz CT molecular complexity index is 1350. The summed E-state index contributed by atoms with van der Waals surface area (Å²) in [5, 5.41) is 29.1. The molecule has 42 heavy (non-hydrogen) atoms. The van der Waals surface area contributed by atoms with E-state index in [1.54, 1.807) is 0 Å². The lowest BCUT2D eigenvalue weighted by Gasteiger charge is -2.35. The molecule has 0 heterocycles. The molecule has 1 atom stereocenters. The molecule has 3 aromatic rings. The normalized spacial score (nSPS) is 13.4. The van der Waals surface area contributed by atoms with Gasteiger partial charge < -0.3 is 35.5 Å². The van der Waals surface area contributed by atoms with Gasteiger partial charge >= 0.3 is 0 Å². The molecule has 0 saturated carbocycles. The van der Waals surface area contributed by atoms with E-state index < -0.39 is 5.41 Å². The quantitative estimate of drug-likeness (QED) is 0.209. The summed E-state index contributed by atoms with van der Waals surface area (Å²) in [6, 6.07) is 15.6. The van der Waals surface area contributed by atoms with E-state index in [2.05, 4.69) is 95.7 Å². The Morgan fingerprint density at radius 3 is 1.48 bits per heavy atom. The monoisotopic (exact) mass is 575 g/mol. The van der Waals surface area contributed by atoms with E-state index in [4.69, 9.17) is 0 Å². The molecule has 230 valence electrons. The summed E-state index contributed by atoms with van der Waals surface area (Å²) in [6.07, 6.45) is 0.730. The minimum absolute atomic E-state index is 0.342. The van der Waals surface area contributed by atoms with E-state index >= 15 is 0 Å². The van der Waals surface area contributed by atoms with Crippen molar-refractivity contribution in [2.45, 2.75) is 58.4 Å². The van der Waals surface area contributed by atoms with Crippen molar-refractivity contribution in [1.29, 1.82) is 0 Å². The van der Waals surface area contributed by atoms with Gasteiger partial charge in [-0.1, -0.05) is 31.2 Å². The first-order chi connectivity index (χ1) is 19.8. The predicted octanol–water partition coefficient (Wildman–Crippen LogP) is 4.64. The zero-order valence-corrected chi connectivity index (χ0v) is 27.5. The van der Waals surface area contributed by atoms with Crippen LogP contribution < -0.4 is 10.6 Å². The van der Waals surface area contributed by atoms with Crippen LogP contribution >= 0.6 is 0 Å². The average Bonchev–Trinajstić information content (AvgIpc) is 2.90. The zero-order chi connectivity index (χ0) is 31.2. The van der Waals surface area contributed by atoms with Crippen molar-refractivity contribution < 1.29 is 10.2 Å². The fourth-order valence-electron chi connectivity index (χ4n) is 5.93. The number of phenolic OH excluding ortho intramolecular Hbond substituents is 2. The van der Waals surface area contributed by atoms with Crippen LogP contribution in [0.5, 0.6) is 11.5 Å². The number of nitrogens with one attached hydrogen (secondary N) is 2. The molecule has 1 unspecified atom stereocenters. The molecule has 0 bridgehead atoms. The number of hydrogen-bond donors (Lipinski definition) is 4. The highest BCUT2D eigenvalue weighted by atomic mass is 16.3. The van der Waals surface area contributed by atoms with Crippen molar-refractivity contribution >= 4 is 0 Å². The predicted molar refractivity (Wildman–Crippen MR) is 175 cm³/mol. The molecule has 3 aromatic carbocycles. The summed E-state index contributed by atoms with van der Waals surface area (Å²) in [4.78, 5) is 6.39. The zero-order valence-electron chi connectivity index (χ0n) is 27.5. The number of benzene rings is 3. The maximum atomic E-state index is 11.3. The van der Waals surface area contributed by atoms with Gasteiger partial charge in [-0.3, -0.25) is 0 Å². The molecule has 4 N–H and O–H groups in total. The molecule has 0 aliphatic carbocycles. The largest absolute Gasteiger partial charge is 0.507 e. The first-order valence-electron chi connectivity index (χ1n) is 14.9. The third-order valence-electron chi connectivity index (χ3n) is 7.92. The number of rotatable bonds is 14. The van der Waals surface area contributed by atoms with Gasteiger partial charge in [-0.05, 0) is 121 Å². The second-order valence-corrected chi connectivity index (χ2v) is 12.6. The minimum atomic E-state index is -0.569. The van der Waals surface area contributed by atoms with Gasteiger partial charge in [-0.2, -0.15) is 0 Å². The number of hydrogen-bond acceptors (Lipinski definition) is 7. The van der Waals surface area contributed by atoms with E-state index in [0.717, 1.165) is 52.9 Å². The number of nitrogens with zero attached hydrogens (tertiary/aromatic N) is 3. The topological polar surface area (TPSA) is 74.2 Å². The lowest BCUT2D eigenvalue weighted by molar-refractivity contribution is 0.382. The summed E-state index contributed by atoms with van der Waals surface area (Å²) >= 11 is 0. The number of phenols is 2. The van der Waals surface area contributed by atoms with Gasteiger partial charge in [-0.25, -0.2) is 0 Å². The van der Waals surface area contributed by atoms with Crippen LogP contribution in [0.4, 0.5) is 0 Å². The lowest BCUT2D eigenvalue weighted by Crippen LogP contribution is -2.28. The van der Waals surface area contributed by atoms with Gasteiger partial charge in [0.2, 0.25) is 0 Å². The van der Waals surface area contributed by atoms with E-state index in [1.807, 2.05) is 42.3 Å². The molecule has 0 amide bonds. The Labute approximate surface area is 254 Å². The van der Waals surface area contributed by atoms with Gasteiger partial charge in [0, 0.05) is 54.8 Å². The summed E-state index contributed by atoms with van der Waals surface area (Å²) in [7, 11) is 16.2. The van der Waals surface area contributed by atoms with Crippen LogP contribution in [0.2, 0.25) is 0 Å². The number of aryl methyl sites for hydroxylation is 1.